The minimum absolute atomic E-state index is 0.227. The highest BCUT2D eigenvalue weighted by Gasteiger charge is 2.14. The molecular formula is C13H19Br2NO. The van der Waals surface area contributed by atoms with E-state index in [4.69, 9.17) is 4.74 Å². The van der Waals surface area contributed by atoms with Gasteiger partial charge in [0.2, 0.25) is 0 Å². The summed E-state index contributed by atoms with van der Waals surface area (Å²) in [6.07, 6.45) is 0.255. The molecule has 0 aromatic heterocycles. The Morgan fingerprint density at radius 1 is 1.29 bits per heavy atom. The minimum atomic E-state index is 0.227. The fourth-order valence-corrected chi connectivity index (χ4v) is 2.90. The summed E-state index contributed by atoms with van der Waals surface area (Å²) in [4.78, 5) is 0. The van der Waals surface area contributed by atoms with Gasteiger partial charge in [0.15, 0.2) is 0 Å². The lowest BCUT2D eigenvalue weighted by molar-refractivity contribution is 0.0613. The maximum absolute atomic E-state index is 5.70. The van der Waals surface area contributed by atoms with Crippen LogP contribution in [-0.2, 0) is 4.74 Å². The van der Waals surface area contributed by atoms with Gasteiger partial charge in [0, 0.05) is 8.95 Å². The fraction of sp³-hybridized carbons (Fsp3) is 0.538. The minimum Gasteiger partial charge on any atom is -0.377 e. The van der Waals surface area contributed by atoms with Crippen molar-refractivity contribution in [3.63, 3.8) is 0 Å². The highest BCUT2D eigenvalue weighted by atomic mass is 79.9. The van der Waals surface area contributed by atoms with E-state index in [1.54, 1.807) is 0 Å². The summed E-state index contributed by atoms with van der Waals surface area (Å²) < 4.78 is 7.88. The van der Waals surface area contributed by atoms with Crippen LogP contribution in [-0.4, -0.2) is 19.3 Å². The second kappa shape index (κ2) is 7.52. The van der Waals surface area contributed by atoms with E-state index in [9.17, 15) is 0 Å². The number of likely N-dealkylation sites (N-methyl/N-ethyl adjacent to an activating group) is 1. The second-order valence-corrected chi connectivity index (χ2v) is 5.93. The number of hydrogen-bond acceptors (Lipinski definition) is 2. The monoisotopic (exact) mass is 363 g/mol. The number of hydrogen-bond donors (Lipinski definition) is 1. The van der Waals surface area contributed by atoms with Crippen LogP contribution in [0.2, 0.25) is 0 Å². The summed E-state index contributed by atoms with van der Waals surface area (Å²) in [5.41, 5.74) is 1.23. The molecule has 0 amide bonds. The van der Waals surface area contributed by atoms with Gasteiger partial charge in [0.1, 0.15) is 0 Å². The molecule has 0 bridgehead atoms. The molecule has 0 aliphatic rings. The standard InChI is InChI=1S/C13H19Br2NO/c1-4-16-13(8-17-9(2)3)11-6-5-10(14)7-12(11)15/h5-7,9,13,16H,4,8H2,1-3H3. The van der Waals surface area contributed by atoms with Gasteiger partial charge in [0.05, 0.1) is 18.8 Å². The lowest BCUT2D eigenvalue weighted by Gasteiger charge is -2.21. The lowest BCUT2D eigenvalue weighted by atomic mass is 10.1. The highest BCUT2D eigenvalue weighted by Crippen LogP contribution is 2.27. The Labute approximate surface area is 120 Å². The smallest absolute Gasteiger partial charge is 0.0665 e. The molecule has 0 spiro atoms. The average Bonchev–Trinajstić information content (AvgIpc) is 2.24. The van der Waals surface area contributed by atoms with Crippen molar-refractivity contribution in [2.45, 2.75) is 32.9 Å². The van der Waals surface area contributed by atoms with Gasteiger partial charge in [-0.1, -0.05) is 44.8 Å². The maximum atomic E-state index is 5.70. The van der Waals surface area contributed by atoms with Gasteiger partial charge in [-0.3, -0.25) is 0 Å². The van der Waals surface area contributed by atoms with E-state index in [1.165, 1.54) is 5.56 Å². The zero-order valence-corrected chi connectivity index (χ0v) is 13.6. The van der Waals surface area contributed by atoms with E-state index in [1.807, 2.05) is 0 Å². The van der Waals surface area contributed by atoms with Gasteiger partial charge < -0.3 is 10.1 Å². The van der Waals surface area contributed by atoms with Crippen molar-refractivity contribution in [3.8, 4) is 0 Å². The molecule has 1 unspecified atom stereocenters. The van der Waals surface area contributed by atoms with Crippen LogP contribution in [0.4, 0.5) is 0 Å². The topological polar surface area (TPSA) is 21.3 Å². The van der Waals surface area contributed by atoms with Gasteiger partial charge in [-0.25, -0.2) is 0 Å². The molecule has 2 nitrogen and oxygen atoms in total. The number of ether oxygens (including phenoxy) is 1. The Bertz CT molecular complexity index is 355. The number of rotatable bonds is 6. The molecule has 0 saturated heterocycles. The lowest BCUT2D eigenvalue weighted by Crippen LogP contribution is -2.27. The molecule has 17 heavy (non-hydrogen) atoms. The third-order valence-electron chi connectivity index (χ3n) is 2.38. The first-order valence-electron chi connectivity index (χ1n) is 5.84. The zero-order chi connectivity index (χ0) is 12.8. The summed E-state index contributed by atoms with van der Waals surface area (Å²) >= 11 is 7.06. The molecule has 1 aromatic rings. The normalized spacial score (nSPS) is 13.1. The van der Waals surface area contributed by atoms with E-state index in [0.717, 1.165) is 15.5 Å². The van der Waals surface area contributed by atoms with Crippen LogP contribution in [0.1, 0.15) is 32.4 Å². The van der Waals surface area contributed by atoms with Crippen LogP contribution < -0.4 is 5.32 Å². The van der Waals surface area contributed by atoms with E-state index >= 15 is 0 Å². The zero-order valence-electron chi connectivity index (χ0n) is 10.5. The summed E-state index contributed by atoms with van der Waals surface area (Å²) in [6.45, 7) is 7.83. The molecule has 4 heteroatoms. The third-order valence-corrected chi connectivity index (χ3v) is 3.56. The molecule has 0 aliphatic carbocycles. The van der Waals surface area contributed by atoms with Crippen LogP contribution in [0.5, 0.6) is 0 Å². The van der Waals surface area contributed by atoms with Gasteiger partial charge in [-0.05, 0) is 38.1 Å². The Balaban J connectivity index is 2.81. The Morgan fingerprint density at radius 3 is 2.53 bits per heavy atom. The summed E-state index contributed by atoms with van der Waals surface area (Å²) in [6, 6.07) is 6.46. The fourth-order valence-electron chi connectivity index (χ4n) is 1.58. The predicted octanol–water partition coefficient (Wildman–Crippen LogP) is 4.29. The largest absolute Gasteiger partial charge is 0.377 e. The van der Waals surface area contributed by atoms with Crippen molar-refractivity contribution in [3.05, 3.63) is 32.7 Å². The molecule has 0 heterocycles. The molecule has 0 aliphatic heterocycles. The highest BCUT2D eigenvalue weighted by molar-refractivity contribution is 9.11. The Hall–Kier alpha value is 0.1000. The summed E-state index contributed by atoms with van der Waals surface area (Å²) in [5.74, 6) is 0. The first-order valence-corrected chi connectivity index (χ1v) is 7.43. The van der Waals surface area contributed by atoms with Gasteiger partial charge in [-0.15, -0.1) is 0 Å². The quantitative estimate of drug-likeness (QED) is 0.812. The first kappa shape index (κ1) is 15.2. The van der Waals surface area contributed by atoms with Crippen LogP contribution in [0.15, 0.2) is 27.1 Å². The van der Waals surface area contributed by atoms with E-state index < -0.39 is 0 Å². The van der Waals surface area contributed by atoms with Crippen molar-refractivity contribution in [2.24, 2.45) is 0 Å². The molecule has 0 fully saturated rings. The van der Waals surface area contributed by atoms with Crippen molar-refractivity contribution >= 4 is 31.9 Å². The van der Waals surface area contributed by atoms with Crippen LogP contribution in [0, 0.1) is 0 Å². The van der Waals surface area contributed by atoms with Gasteiger partial charge >= 0.3 is 0 Å². The van der Waals surface area contributed by atoms with Crippen LogP contribution in [0.3, 0.4) is 0 Å². The summed E-state index contributed by atoms with van der Waals surface area (Å²) in [7, 11) is 0. The molecule has 1 N–H and O–H groups in total. The average molecular weight is 365 g/mol. The molecule has 0 radical (unpaired) electrons. The molecular weight excluding hydrogens is 346 g/mol. The van der Waals surface area contributed by atoms with Crippen LogP contribution >= 0.6 is 31.9 Å². The second-order valence-electron chi connectivity index (χ2n) is 4.16. The van der Waals surface area contributed by atoms with Crippen LogP contribution in [0.25, 0.3) is 0 Å². The molecule has 1 rings (SSSR count). The maximum Gasteiger partial charge on any atom is 0.0665 e. The Morgan fingerprint density at radius 2 is 2.00 bits per heavy atom. The van der Waals surface area contributed by atoms with Crippen molar-refractivity contribution in [2.75, 3.05) is 13.2 Å². The van der Waals surface area contributed by atoms with E-state index in [0.29, 0.717) is 6.61 Å². The van der Waals surface area contributed by atoms with E-state index in [-0.39, 0.29) is 12.1 Å². The summed E-state index contributed by atoms with van der Waals surface area (Å²) in [5, 5.41) is 3.44. The molecule has 1 atom stereocenters. The van der Waals surface area contributed by atoms with Gasteiger partial charge in [-0.2, -0.15) is 0 Å². The van der Waals surface area contributed by atoms with Crippen molar-refractivity contribution in [1.29, 1.82) is 0 Å². The van der Waals surface area contributed by atoms with Crippen molar-refractivity contribution < 1.29 is 4.74 Å². The predicted molar refractivity (Wildman–Crippen MR) is 79.3 cm³/mol. The van der Waals surface area contributed by atoms with E-state index in [2.05, 4.69) is 76.1 Å². The number of nitrogens with one attached hydrogen (secondary N) is 1. The number of halogens is 2. The number of benzene rings is 1. The first-order chi connectivity index (χ1) is 8.04. The molecule has 96 valence electrons. The van der Waals surface area contributed by atoms with Gasteiger partial charge in [0.25, 0.3) is 0 Å². The Kier molecular flexibility index (Phi) is 6.70. The molecule has 0 saturated carbocycles. The SMILES string of the molecule is CCNC(COC(C)C)c1ccc(Br)cc1Br. The molecule has 1 aromatic carbocycles. The third kappa shape index (κ3) is 5.08. The van der Waals surface area contributed by atoms with Crippen molar-refractivity contribution in [1.82, 2.24) is 5.32 Å².